The van der Waals surface area contributed by atoms with Gasteiger partial charge in [0.05, 0.1) is 6.61 Å². The molecule has 1 aromatic heterocycles. The Hall–Kier alpha value is -0.810. The molecule has 0 aliphatic carbocycles. The summed E-state index contributed by atoms with van der Waals surface area (Å²) in [6.45, 7) is 3.93. The molecule has 2 unspecified atom stereocenters. The number of anilines is 2. The quantitative estimate of drug-likeness (QED) is 0.800. The van der Waals surface area contributed by atoms with Gasteiger partial charge >= 0.3 is 0 Å². The number of nitrogen functional groups attached to an aromatic ring is 1. The summed E-state index contributed by atoms with van der Waals surface area (Å²) in [6.07, 6.45) is 1.14. The van der Waals surface area contributed by atoms with Crippen molar-refractivity contribution in [3.05, 3.63) is 6.07 Å². The van der Waals surface area contributed by atoms with Crippen molar-refractivity contribution in [1.82, 2.24) is 4.37 Å². The molecule has 1 aliphatic heterocycles. The summed E-state index contributed by atoms with van der Waals surface area (Å²) in [7, 11) is 0. The second kappa shape index (κ2) is 4.14. The van der Waals surface area contributed by atoms with Gasteiger partial charge in [0.15, 0.2) is 0 Å². The largest absolute Gasteiger partial charge is 0.383 e. The fourth-order valence-corrected chi connectivity index (χ4v) is 2.31. The van der Waals surface area contributed by atoms with Crippen LogP contribution in [0.15, 0.2) is 6.07 Å². The summed E-state index contributed by atoms with van der Waals surface area (Å²) in [4.78, 5) is 0. The van der Waals surface area contributed by atoms with E-state index in [1.807, 2.05) is 6.07 Å². The molecule has 0 bridgehead atoms. The van der Waals surface area contributed by atoms with Crippen LogP contribution in [0.2, 0.25) is 0 Å². The Morgan fingerprint density at radius 2 is 2.64 bits per heavy atom. The van der Waals surface area contributed by atoms with E-state index >= 15 is 0 Å². The van der Waals surface area contributed by atoms with Crippen molar-refractivity contribution in [1.29, 1.82) is 0 Å². The number of hydrogen-bond acceptors (Lipinski definition) is 5. The van der Waals surface area contributed by atoms with Crippen LogP contribution in [0.1, 0.15) is 13.3 Å². The monoisotopic (exact) mass is 213 g/mol. The molecule has 2 heterocycles. The maximum Gasteiger partial charge on any atom is 0.139 e. The van der Waals surface area contributed by atoms with Crippen LogP contribution in [0.5, 0.6) is 0 Å². The molecule has 14 heavy (non-hydrogen) atoms. The van der Waals surface area contributed by atoms with Crippen molar-refractivity contribution in [2.75, 3.05) is 24.3 Å². The van der Waals surface area contributed by atoms with E-state index in [0.717, 1.165) is 24.6 Å². The molecule has 1 fully saturated rings. The van der Waals surface area contributed by atoms with E-state index in [2.05, 4.69) is 16.6 Å². The molecule has 0 amide bonds. The molecule has 0 spiro atoms. The molecule has 78 valence electrons. The normalized spacial score (nSPS) is 23.6. The molecule has 1 aliphatic rings. The van der Waals surface area contributed by atoms with Crippen molar-refractivity contribution in [2.45, 2.75) is 19.4 Å². The lowest BCUT2D eigenvalue weighted by atomic mass is 10.0. The van der Waals surface area contributed by atoms with Gasteiger partial charge in [-0.2, -0.15) is 4.37 Å². The minimum atomic E-state index is 0.428. The van der Waals surface area contributed by atoms with Crippen LogP contribution < -0.4 is 11.1 Å². The summed E-state index contributed by atoms with van der Waals surface area (Å²) in [5.74, 6) is 1.20. The SMILES string of the molecule is CC(Nc1cc(N)ns1)C1CCOC1. The Bertz CT molecular complexity index is 296. The molecule has 2 rings (SSSR count). The number of nitrogens with one attached hydrogen (secondary N) is 1. The third-order valence-electron chi connectivity index (χ3n) is 2.57. The molecular weight excluding hydrogens is 198 g/mol. The molecule has 0 aromatic carbocycles. The van der Waals surface area contributed by atoms with Gasteiger partial charge in [0.1, 0.15) is 10.8 Å². The lowest BCUT2D eigenvalue weighted by molar-refractivity contribution is 0.183. The van der Waals surface area contributed by atoms with Gasteiger partial charge < -0.3 is 15.8 Å². The molecule has 1 saturated heterocycles. The number of nitrogens with two attached hydrogens (primary N) is 1. The summed E-state index contributed by atoms with van der Waals surface area (Å²) in [5, 5.41) is 4.44. The average molecular weight is 213 g/mol. The van der Waals surface area contributed by atoms with E-state index in [4.69, 9.17) is 10.5 Å². The Morgan fingerprint density at radius 3 is 3.21 bits per heavy atom. The Morgan fingerprint density at radius 1 is 1.79 bits per heavy atom. The first-order valence-corrected chi connectivity index (χ1v) is 5.59. The predicted molar refractivity (Wildman–Crippen MR) is 58.5 cm³/mol. The number of aromatic nitrogens is 1. The highest BCUT2D eigenvalue weighted by Crippen LogP contribution is 2.23. The molecule has 4 nitrogen and oxygen atoms in total. The molecule has 0 saturated carbocycles. The number of nitrogens with zero attached hydrogens (tertiary/aromatic N) is 1. The molecule has 0 radical (unpaired) electrons. The van der Waals surface area contributed by atoms with Crippen molar-refractivity contribution >= 4 is 22.4 Å². The van der Waals surface area contributed by atoms with Gasteiger partial charge in [0, 0.05) is 24.6 Å². The molecule has 5 heteroatoms. The third-order valence-corrected chi connectivity index (χ3v) is 3.30. The average Bonchev–Trinajstić information content (AvgIpc) is 2.75. The van der Waals surface area contributed by atoms with E-state index in [1.54, 1.807) is 0 Å². The van der Waals surface area contributed by atoms with Gasteiger partial charge in [-0.1, -0.05) is 0 Å². The highest BCUT2D eigenvalue weighted by atomic mass is 32.1. The van der Waals surface area contributed by atoms with Gasteiger partial charge in [-0.25, -0.2) is 0 Å². The van der Waals surface area contributed by atoms with E-state index < -0.39 is 0 Å². The van der Waals surface area contributed by atoms with Gasteiger partial charge in [0.25, 0.3) is 0 Å². The van der Waals surface area contributed by atoms with Crippen LogP contribution in [-0.4, -0.2) is 23.6 Å². The minimum Gasteiger partial charge on any atom is -0.383 e. The van der Waals surface area contributed by atoms with Gasteiger partial charge in [-0.05, 0) is 24.9 Å². The second-order valence-electron chi connectivity index (χ2n) is 3.67. The maximum absolute atomic E-state index is 5.54. The zero-order valence-corrected chi connectivity index (χ0v) is 9.01. The highest BCUT2D eigenvalue weighted by Gasteiger charge is 2.22. The zero-order valence-electron chi connectivity index (χ0n) is 8.19. The fourth-order valence-electron chi connectivity index (χ4n) is 1.65. The predicted octanol–water partition coefficient (Wildman–Crippen LogP) is 1.56. The lowest BCUT2D eigenvalue weighted by Crippen LogP contribution is -2.25. The topological polar surface area (TPSA) is 60.2 Å². The number of hydrogen-bond donors (Lipinski definition) is 2. The molecule has 3 N–H and O–H groups in total. The fraction of sp³-hybridized carbons (Fsp3) is 0.667. The summed E-state index contributed by atoms with van der Waals surface area (Å²) in [5.41, 5.74) is 5.54. The van der Waals surface area contributed by atoms with Crippen LogP contribution in [0.3, 0.4) is 0 Å². The Labute approximate surface area is 87.6 Å². The van der Waals surface area contributed by atoms with Crippen LogP contribution >= 0.6 is 11.5 Å². The Kier molecular flexibility index (Phi) is 2.88. The first-order valence-electron chi connectivity index (χ1n) is 4.82. The zero-order chi connectivity index (χ0) is 9.97. The van der Waals surface area contributed by atoms with Crippen LogP contribution in [0.4, 0.5) is 10.8 Å². The van der Waals surface area contributed by atoms with E-state index in [9.17, 15) is 0 Å². The third kappa shape index (κ3) is 2.16. The maximum atomic E-state index is 5.54. The minimum absolute atomic E-state index is 0.428. The van der Waals surface area contributed by atoms with E-state index in [-0.39, 0.29) is 0 Å². The van der Waals surface area contributed by atoms with Crippen LogP contribution in [0.25, 0.3) is 0 Å². The van der Waals surface area contributed by atoms with Gasteiger partial charge in [-0.15, -0.1) is 0 Å². The van der Waals surface area contributed by atoms with Crippen molar-refractivity contribution in [2.24, 2.45) is 5.92 Å². The van der Waals surface area contributed by atoms with E-state index in [0.29, 0.717) is 17.8 Å². The number of ether oxygens (including phenoxy) is 1. The Balaban J connectivity index is 1.90. The highest BCUT2D eigenvalue weighted by molar-refractivity contribution is 7.10. The molecule has 2 atom stereocenters. The molecule has 1 aromatic rings. The van der Waals surface area contributed by atoms with Crippen molar-refractivity contribution in [3.8, 4) is 0 Å². The van der Waals surface area contributed by atoms with Gasteiger partial charge in [-0.3, -0.25) is 0 Å². The summed E-state index contributed by atoms with van der Waals surface area (Å²) >= 11 is 1.41. The van der Waals surface area contributed by atoms with Crippen LogP contribution in [0, 0.1) is 5.92 Å². The van der Waals surface area contributed by atoms with Crippen molar-refractivity contribution < 1.29 is 4.74 Å². The van der Waals surface area contributed by atoms with E-state index in [1.165, 1.54) is 11.5 Å². The summed E-state index contributed by atoms with van der Waals surface area (Å²) in [6, 6.07) is 2.30. The summed E-state index contributed by atoms with van der Waals surface area (Å²) < 4.78 is 9.37. The van der Waals surface area contributed by atoms with Gasteiger partial charge in [0.2, 0.25) is 0 Å². The number of rotatable bonds is 3. The lowest BCUT2D eigenvalue weighted by Gasteiger charge is -2.18. The standard InChI is InChI=1S/C9H15N3OS/c1-6(7-2-3-13-5-7)11-9-4-8(10)12-14-9/h4,6-7,11H,2-3,5H2,1H3,(H2,10,12). The second-order valence-corrected chi connectivity index (χ2v) is 4.48. The smallest absolute Gasteiger partial charge is 0.139 e. The van der Waals surface area contributed by atoms with Crippen LogP contribution in [-0.2, 0) is 4.74 Å². The first-order chi connectivity index (χ1) is 6.75. The first kappa shape index (κ1) is 9.73. The van der Waals surface area contributed by atoms with Crippen molar-refractivity contribution in [3.63, 3.8) is 0 Å². The molecular formula is C9H15N3OS.